The van der Waals surface area contributed by atoms with Crippen molar-refractivity contribution in [2.45, 2.75) is 32.1 Å². The Morgan fingerprint density at radius 3 is 2.55 bits per heavy atom. The van der Waals surface area contributed by atoms with Crippen LogP contribution in [0.15, 0.2) is 30.3 Å². The van der Waals surface area contributed by atoms with Gasteiger partial charge in [0.05, 0.1) is 6.61 Å². The Bertz CT molecular complexity index is 515. The minimum absolute atomic E-state index is 0.219. The van der Waals surface area contributed by atoms with E-state index in [4.69, 9.17) is 4.74 Å². The van der Waals surface area contributed by atoms with E-state index in [1.54, 1.807) is 0 Å². The van der Waals surface area contributed by atoms with E-state index in [1.807, 2.05) is 0 Å². The molecule has 1 aromatic rings. The van der Waals surface area contributed by atoms with Crippen molar-refractivity contribution in [3.05, 3.63) is 35.9 Å². The summed E-state index contributed by atoms with van der Waals surface area (Å²) in [5.74, 6) is 1.86. The second-order valence-corrected chi connectivity index (χ2v) is 6.43. The molecule has 1 heterocycles. The van der Waals surface area contributed by atoms with E-state index in [0.717, 1.165) is 51.0 Å². The standard InChI is InChI=1S/C19H25NO2/c21-13-15-1-3-17(4-2-15)18-5-7-19(8-6-18)22-14-16-9-11-20-12-10-16/h3,5-8,13,15-16,20H,1-2,4,9-12,14H2. The SMILES string of the molecule is O=CC1CC=C(c2ccc(OCC3CCNCC3)cc2)CC1. The molecule has 1 atom stereocenters. The molecule has 1 saturated heterocycles. The highest BCUT2D eigenvalue weighted by Gasteiger charge is 2.15. The second-order valence-electron chi connectivity index (χ2n) is 6.43. The van der Waals surface area contributed by atoms with Crippen LogP contribution >= 0.6 is 0 Å². The largest absolute Gasteiger partial charge is 0.493 e. The maximum absolute atomic E-state index is 10.8. The van der Waals surface area contributed by atoms with E-state index in [0.29, 0.717) is 5.92 Å². The molecule has 2 aliphatic rings. The predicted octanol–water partition coefficient (Wildman–Crippen LogP) is 3.45. The van der Waals surface area contributed by atoms with Gasteiger partial charge in [0.25, 0.3) is 0 Å². The number of hydrogen-bond acceptors (Lipinski definition) is 3. The maximum Gasteiger partial charge on any atom is 0.123 e. The Labute approximate surface area is 132 Å². The lowest BCUT2D eigenvalue weighted by Gasteiger charge is -2.22. The molecule has 0 bridgehead atoms. The van der Waals surface area contributed by atoms with Crippen LogP contribution in [0, 0.1) is 11.8 Å². The minimum atomic E-state index is 0.219. The van der Waals surface area contributed by atoms with Crippen molar-refractivity contribution in [2.75, 3.05) is 19.7 Å². The molecule has 3 nitrogen and oxygen atoms in total. The van der Waals surface area contributed by atoms with E-state index in [2.05, 4.69) is 35.7 Å². The molecule has 0 radical (unpaired) electrons. The van der Waals surface area contributed by atoms with Crippen LogP contribution in [0.4, 0.5) is 0 Å². The van der Waals surface area contributed by atoms with E-state index in [9.17, 15) is 4.79 Å². The number of nitrogens with one attached hydrogen (secondary N) is 1. The first-order valence-electron chi connectivity index (χ1n) is 8.43. The van der Waals surface area contributed by atoms with Crippen molar-refractivity contribution in [2.24, 2.45) is 11.8 Å². The zero-order chi connectivity index (χ0) is 15.2. The first-order valence-corrected chi connectivity index (χ1v) is 8.43. The average molecular weight is 299 g/mol. The molecular weight excluding hydrogens is 274 g/mol. The number of carbonyl (C=O) groups is 1. The topological polar surface area (TPSA) is 38.3 Å². The highest BCUT2D eigenvalue weighted by atomic mass is 16.5. The number of hydrogen-bond donors (Lipinski definition) is 1. The van der Waals surface area contributed by atoms with Gasteiger partial charge in [-0.25, -0.2) is 0 Å². The lowest BCUT2D eigenvalue weighted by Crippen LogP contribution is -2.30. The molecular formula is C19H25NO2. The van der Waals surface area contributed by atoms with E-state index in [-0.39, 0.29) is 5.92 Å². The lowest BCUT2D eigenvalue weighted by molar-refractivity contribution is -0.111. The van der Waals surface area contributed by atoms with Crippen molar-refractivity contribution >= 4 is 11.9 Å². The zero-order valence-corrected chi connectivity index (χ0v) is 13.1. The van der Waals surface area contributed by atoms with Gasteiger partial charge in [-0.3, -0.25) is 0 Å². The van der Waals surface area contributed by atoms with Gasteiger partial charge in [0, 0.05) is 5.92 Å². The summed E-state index contributed by atoms with van der Waals surface area (Å²) in [7, 11) is 0. The molecule has 1 N–H and O–H groups in total. The monoisotopic (exact) mass is 299 g/mol. The number of benzene rings is 1. The highest BCUT2D eigenvalue weighted by Crippen LogP contribution is 2.30. The van der Waals surface area contributed by atoms with Crippen LogP contribution in [0.3, 0.4) is 0 Å². The summed E-state index contributed by atoms with van der Waals surface area (Å²) in [6.07, 6.45) is 8.58. The summed E-state index contributed by atoms with van der Waals surface area (Å²) in [5, 5.41) is 3.38. The van der Waals surface area contributed by atoms with Crippen LogP contribution in [-0.4, -0.2) is 26.0 Å². The maximum atomic E-state index is 10.8. The van der Waals surface area contributed by atoms with E-state index >= 15 is 0 Å². The van der Waals surface area contributed by atoms with Crippen LogP contribution < -0.4 is 10.1 Å². The van der Waals surface area contributed by atoms with Crippen molar-refractivity contribution in [1.82, 2.24) is 5.32 Å². The van der Waals surface area contributed by atoms with Crippen LogP contribution in [0.2, 0.25) is 0 Å². The highest BCUT2D eigenvalue weighted by molar-refractivity contribution is 5.68. The summed E-state index contributed by atoms with van der Waals surface area (Å²) < 4.78 is 5.93. The Balaban J connectivity index is 1.54. The third-order valence-corrected chi connectivity index (χ3v) is 4.81. The van der Waals surface area contributed by atoms with Gasteiger partial charge < -0.3 is 14.8 Å². The average Bonchev–Trinajstić information content (AvgIpc) is 2.61. The van der Waals surface area contributed by atoms with Gasteiger partial charge in [-0.15, -0.1) is 0 Å². The van der Waals surface area contributed by atoms with Crippen LogP contribution in [-0.2, 0) is 4.79 Å². The van der Waals surface area contributed by atoms with Crippen molar-refractivity contribution < 1.29 is 9.53 Å². The van der Waals surface area contributed by atoms with Crippen LogP contribution in [0.25, 0.3) is 5.57 Å². The zero-order valence-electron chi connectivity index (χ0n) is 13.1. The minimum Gasteiger partial charge on any atom is -0.493 e. The molecule has 1 fully saturated rings. The molecule has 1 aliphatic heterocycles. The van der Waals surface area contributed by atoms with Gasteiger partial charge in [0.2, 0.25) is 0 Å². The van der Waals surface area contributed by atoms with Crippen molar-refractivity contribution in [1.29, 1.82) is 0 Å². The molecule has 1 unspecified atom stereocenters. The fourth-order valence-corrected chi connectivity index (χ4v) is 3.27. The predicted molar refractivity (Wildman–Crippen MR) is 88.9 cm³/mol. The summed E-state index contributed by atoms with van der Waals surface area (Å²) in [6, 6.07) is 8.43. The smallest absolute Gasteiger partial charge is 0.123 e. The van der Waals surface area contributed by atoms with E-state index < -0.39 is 0 Å². The summed E-state index contributed by atoms with van der Waals surface area (Å²) in [4.78, 5) is 10.8. The van der Waals surface area contributed by atoms with E-state index in [1.165, 1.54) is 24.0 Å². The van der Waals surface area contributed by atoms with Gasteiger partial charge in [0.1, 0.15) is 12.0 Å². The molecule has 0 saturated carbocycles. The summed E-state index contributed by atoms with van der Waals surface area (Å²) >= 11 is 0. The Kier molecular flexibility index (Phi) is 5.28. The molecule has 1 aromatic carbocycles. The Morgan fingerprint density at radius 1 is 1.14 bits per heavy atom. The molecule has 118 valence electrons. The summed E-state index contributed by atoms with van der Waals surface area (Å²) in [5.41, 5.74) is 2.63. The Hall–Kier alpha value is -1.61. The molecule has 0 spiro atoms. The third-order valence-electron chi connectivity index (χ3n) is 4.81. The quantitative estimate of drug-likeness (QED) is 0.846. The molecule has 22 heavy (non-hydrogen) atoms. The van der Waals surface area contributed by atoms with Gasteiger partial charge >= 0.3 is 0 Å². The molecule has 3 heteroatoms. The molecule has 1 aliphatic carbocycles. The van der Waals surface area contributed by atoms with Crippen molar-refractivity contribution in [3.63, 3.8) is 0 Å². The van der Waals surface area contributed by atoms with Crippen LogP contribution in [0.5, 0.6) is 5.75 Å². The van der Waals surface area contributed by atoms with Gasteiger partial charge in [-0.05, 0) is 74.4 Å². The second kappa shape index (κ2) is 7.59. The number of carbonyl (C=O) groups excluding carboxylic acids is 1. The number of rotatable bonds is 5. The fourth-order valence-electron chi connectivity index (χ4n) is 3.27. The van der Waals surface area contributed by atoms with Gasteiger partial charge in [-0.1, -0.05) is 18.2 Å². The molecule has 0 amide bonds. The first kappa shape index (κ1) is 15.3. The summed E-state index contributed by atoms with van der Waals surface area (Å²) in [6.45, 7) is 3.05. The number of allylic oxidation sites excluding steroid dienone is 2. The number of piperidine rings is 1. The normalized spacial score (nSPS) is 22.9. The lowest BCUT2D eigenvalue weighted by atomic mass is 9.87. The fraction of sp³-hybridized carbons (Fsp3) is 0.526. The third kappa shape index (κ3) is 3.98. The van der Waals surface area contributed by atoms with Crippen molar-refractivity contribution in [3.8, 4) is 5.75 Å². The first-order chi connectivity index (χ1) is 10.8. The van der Waals surface area contributed by atoms with Gasteiger partial charge in [0.15, 0.2) is 0 Å². The van der Waals surface area contributed by atoms with Crippen LogP contribution in [0.1, 0.15) is 37.7 Å². The number of aldehydes is 1. The molecule has 3 rings (SSSR count). The van der Waals surface area contributed by atoms with Gasteiger partial charge in [-0.2, -0.15) is 0 Å². The number of ether oxygens (including phenoxy) is 1. The Morgan fingerprint density at radius 2 is 1.91 bits per heavy atom. The molecule has 0 aromatic heterocycles.